The summed E-state index contributed by atoms with van der Waals surface area (Å²) in [5, 5.41) is 1.13. The Balaban J connectivity index is 1.90. The monoisotopic (exact) mass is 335 g/mol. The molecular weight excluding hydrogens is 318 g/mol. The number of nitrogens with zero attached hydrogens (tertiary/aromatic N) is 1. The molecule has 1 saturated carbocycles. The molecule has 0 unspecified atom stereocenters. The van der Waals surface area contributed by atoms with Crippen molar-refractivity contribution >= 4 is 38.9 Å². The normalized spacial score (nSPS) is 19.1. The van der Waals surface area contributed by atoms with Gasteiger partial charge in [0, 0.05) is 23.3 Å². The van der Waals surface area contributed by atoms with E-state index in [1.807, 2.05) is 6.07 Å². The lowest BCUT2D eigenvalue weighted by molar-refractivity contribution is 0.198. The van der Waals surface area contributed by atoms with Crippen LogP contribution in [-0.2, 0) is 6.54 Å². The van der Waals surface area contributed by atoms with Gasteiger partial charge in [-0.05, 0) is 37.4 Å². The molecule has 0 spiro atoms. The molecule has 1 aliphatic rings. The first kappa shape index (κ1) is 13.9. The molecule has 0 aromatic carbocycles. The summed E-state index contributed by atoms with van der Waals surface area (Å²) < 4.78 is 0.893. The summed E-state index contributed by atoms with van der Waals surface area (Å²) in [5.41, 5.74) is 0.510. The van der Waals surface area contributed by atoms with Crippen molar-refractivity contribution < 1.29 is 0 Å². The fourth-order valence-corrected chi connectivity index (χ4v) is 4.70. The highest BCUT2D eigenvalue weighted by molar-refractivity contribution is 9.09. The van der Waals surface area contributed by atoms with Gasteiger partial charge in [-0.25, -0.2) is 0 Å². The van der Waals surface area contributed by atoms with E-state index in [4.69, 9.17) is 11.6 Å². The number of hydrogen-bond donors (Lipinski definition) is 0. The maximum Gasteiger partial charge on any atom is 0.0931 e. The third-order valence-corrected chi connectivity index (χ3v) is 6.01. The molecular formula is C13H19BrClNS. The molecule has 1 fully saturated rings. The molecule has 96 valence electrons. The molecule has 1 aromatic heterocycles. The minimum Gasteiger partial charge on any atom is -0.301 e. The van der Waals surface area contributed by atoms with E-state index >= 15 is 0 Å². The van der Waals surface area contributed by atoms with Crippen molar-refractivity contribution in [3.8, 4) is 0 Å². The molecule has 0 atom stereocenters. The van der Waals surface area contributed by atoms with Crippen LogP contribution in [0.3, 0.4) is 0 Å². The molecule has 0 bridgehead atoms. The maximum absolute atomic E-state index is 5.96. The van der Waals surface area contributed by atoms with E-state index in [-0.39, 0.29) is 0 Å². The van der Waals surface area contributed by atoms with Crippen LogP contribution in [0.15, 0.2) is 12.1 Å². The summed E-state index contributed by atoms with van der Waals surface area (Å²) >= 11 is 11.4. The largest absolute Gasteiger partial charge is 0.301 e. The van der Waals surface area contributed by atoms with E-state index in [0.29, 0.717) is 5.41 Å². The molecule has 4 heteroatoms. The van der Waals surface area contributed by atoms with Gasteiger partial charge in [0.2, 0.25) is 0 Å². The van der Waals surface area contributed by atoms with E-state index in [1.165, 1.54) is 37.1 Å². The number of thiophene rings is 1. The standard InChI is InChI=1S/C13H19BrClNS/c1-16(8-11-4-5-12(15)17-11)10-13(9-14)6-2-3-7-13/h4-5H,2-3,6-10H2,1H3. The Labute approximate surface area is 121 Å². The molecule has 0 saturated heterocycles. The Bertz CT molecular complexity index is 360. The van der Waals surface area contributed by atoms with Crippen molar-refractivity contribution in [2.45, 2.75) is 32.2 Å². The van der Waals surface area contributed by atoms with Gasteiger partial charge in [-0.1, -0.05) is 40.4 Å². The first-order chi connectivity index (χ1) is 8.13. The van der Waals surface area contributed by atoms with Gasteiger partial charge >= 0.3 is 0 Å². The van der Waals surface area contributed by atoms with E-state index in [2.05, 4.69) is 33.9 Å². The number of alkyl halides is 1. The first-order valence-electron chi connectivity index (χ1n) is 6.12. The van der Waals surface area contributed by atoms with E-state index in [1.54, 1.807) is 11.3 Å². The summed E-state index contributed by atoms with van der Waals surface area (Å²) in [7, 11) is 2.22. The highest BCUT2D eigenvalue weighted by atomic mass is 79.9. The van der Waals surface area contributed by atoms with Crippen LogP contribution in [0.25, 0.3) is 0 Å². The Hall–Kier alpha value is 0.430. The van der Waals surface area contributed by atoms with Gasteiger partial charge in [-0.3, -0.25) is 0 Å². The van der Waals surface area contributed by atoms with Gasteiger partial charge in [-0.2, -0.15) is 0 Å². The van der Waals surface area contributed by atoms with Crippen molar-refractivity contribution in [2.75, 3.05) is 18.9 Å². The van der Waals surface area contributed by atoms with Crippen molar-refractivity contribution in [2.24, 2.45) is 5.41 Å². The average Bonchev–Trinajstić information content (AvgIpc) is 2.89. The number of rotatable bonds is 5. The quantitative estimate of drug-likeness (QED) is 0.699. The second-order valence-electron chi connectivity index (χ2n) is 5.22. The van der Waals surface area contributed by atoms with Crippen LogP contribution in [0.2, 0.25) is 4.34 Å². The molecule has 1 heterocycles. The first-order valence-corrected chi connectivity index (χ1v) is 8.44. The number of halogens is 2. The number of hydrogen-bond acceptors (Lipinski definition) is 2. The Morgan fingerprint density at radius 1 is 1.41 bits per heavy atom. The summed E-state index contributed by atoms with van der Waals surface area (Å²) in [5.74, 6) is 0. The molecule has 0 aliphatic heterocycles. The topological polar surface area (TPSA) is 3.24 Å². The molecule has 0 amide bonds. The van der Waals surface area contributed by atoms with Gasteiger partial charge < -0.3 is 4.90 Å². The molecule has 1 nitrogen and oxygen atoms in total. The van der Waals surface area contributed by atoms with Crippen molar-refractivity contribution in [1.82, 2.24) is 4.90 Å². The van der Waals surface area contributed by atoms with Gasteiger partial charge in [0.15, 0.2) is 0 Å². The molecule has 2 rings (SSSR count). The smallest absolute Gasteiger partial charge is 0.0931 e. The zero-order valence-electron chi connectivity index (χ0n) is 10.2. The lowest BCUT2D eigenvalue weighted by atomic mass is 9.88. The SMILES string of the molecule is CN(Cc1ccc(Cl)s1)CC1(CBr)CCCC1. The second kappa shape index (κ2) is 6.05. The summed E-state index contributed by atoms with van der Waals surface area (Å²) in [6.45, 7) is 2.21. The highest BCUT2D eigenvalue weighted by Gasteiger charge is 2.33. The third kappa shape index (κ3) is 3.69. The average molecular weight is 337 g/mol. The van der Waals surface area contributed by atoms with Crippen LogP contribution >= 0.6 is 38.9 Å². The summed E-state index contributed by atoms with van der Waals surface area (Å²) in [6, 6.07) is 4.13. The fourth-order valence-electron chi connectivity index (χ4n) is 2.79. The van der Waals surface area contributed by atoms with E-state index in [9.17, 15) is 0 Å². The van der Waals surface area contributed by atoms with Crippen LogP contribution < -0.4 is 0 Å². The van der Waals surface area contributed by atoms with Gasteiger partial charge in [0.25, 0.3) is 0 Å². The molecule has 0 N–H and O–H groups in total. The summed E-state index contributed by atoms with van der Waals surface area (Å²) in [6.07, 6.45) is 5.52. The van der Waals surface area contributed by atoms with Crippen LogP contribution in [0, 0.1) is 5.41 Å². The van der Waals surface area contributed by atoms with Gasteiger partial charge in [0.1, 0.15) is 0 Å². The van der Waals surface area contributed by atoms with Crippen LogP contribution in [0.1, 0.15) is 30.6 Å². The Kier molecular flexibility index (Phi) is 4.93. The van der Waals surface area contributed by atoms with Crippen LogP contribution in [-0.4, -0.2) is 23.8 Å². The van der Waals surface area contributed by atoms with Crippen LogP contribution in [0.5, 0.6) is 0 Å². The molecule has 1 aromatic rings. The fraction of sp³-hybridized carbons (Fsp3) is 0.692. The Morgan fingerprint density at radius 2 is 2.12 bits per heavy atom. The zero-order chi connectivity index (χ0) is 12.3. The Morgan fingerprint density at radius 3 is 2.65 bits per heavy atom. The van der Waals surface area contributed by atoms with Crippen molar-refractivity contribution in [3.63, 3.8) is 0 Å². The zero-order valence-corrected chi connectivity index (χ0v) is 13.4. The third-order valence-electron chi connectivity index (χ3n) is 3.61. The predicted octanol–water partition coefficient (Wildman–Crippen LogP) is 4.79. The van der Waals surface area contributed by atoms with Gasteiger partial charge in [0.05, 0.1) is 4.34 Å². The lowest BCUT2D eigenvalue weighted by Gasteiger charge is -2.31. The molecule has 17 heavy (non-hydrogen) atoms. The van der Waals surface area contributed by atoms with E-state index in [0.717, 1.165) is 16.2 Å². The minimum atomic E-state index is 0.510. The summed E-state index contributed by atoms with van der Waals surface area (Å²) in [4.78, 5) is 3.80. The van der Waals surface area contributed by atoms with Crippen molar-refractivity contribution in [3.05, 3.63) is 21.3 Å². The lowest BCUT2D eigenvalue weighted by Crippen LogP contribution is -2.34. The van der Waals surface area contributed by atoms with Crippen LogP contribution in [0.4, 0.5) is 0 Å². The molecule has 1 aliphatic carbocycles. The van der Waals surface area contributed by atoms with Gasteiger partial charge in [-0.15, -0.1) is 11.3 Å². The van der Waals surface area contributed by atoms with E-state index < -0.39 is 0 Å². The highest BCUT2D eigenvalue weighted by Crippen LogP contribution is 2.40. The second-order valence-corrected chi connectivity index (χ2v) is 7.58. The minimum absolute atomic E-state index is 0.510. The maximum atomic E-state index is 5.96. The van der Waals surface area contributed by atoms with Crippen molar-refractivity contribution in [1.29, 1.82) is 0 Å². The predicted molar refractivity (Wildman–Crippen MR) is 80.4 cm³/mol. The molecule has 0 radical (unpaired) electrons.